The van der Waals surface area contributed by atoms with Gasteiger partial charge in [0.25, 0.3) is 0 Å². The largest absolute Gasteiger partial charge is 0.349 e. The highest BCUT2D eigenvalue weighted by atomic mass is 32.2. The molecule has 1 aliphatic carbocycles. The summed E-state index contributed by atoms with van der Waals surface area (Å²) < 4.78 is 0. The second kappa shape index (κ2) is 6.92. The molecule has 0 bridgehead atoms. The Hall–Kier alpha value is -2.27. The quantitative estimate of drug-likeness (QED) is 0.694. The van der Waals surface area contributed by atoms with Gasteiger partial charge in [-0.15, -0.1) is 0 Å². The van der Waals surface area contributed by atoms with E-state index in [2.05, 4.69) is 52.5 Å². The van der Waals surface area contributed by atoms with E-state index in [-0.39, 0.29) is 11.9 Å². The van der Waals surface area contributed by atoms with Crippen LogP contribution in [0, 0.1) is 6.92 Å². The summed E-state index contributed by atoms with van der Waals surface area (Å²) in [5, 5.41) is 3.98. The maximum absolute atomic E-state index is 12.4. The van der Waals surface area contributed by atoms with Gasteiger partial charge in [-0.05, 0) is 55.0 Å². The molecule has 0 aliphatic heterocycles. The molecular formula is C20H21N3OS. The molecular weight excluding hydrogens is 330 g/mol. The number of aromatic nitrogens is 2. The van der Waals surface area contributed by atoms with Crippen molar-refractivity contribution in [3.8, 4) is 0 Å². The summed E-state index contributed by atoms with van der Waals surface area (Å²) in [7, 11) is 0. The zero-order valence-corrected chi connectivity index (χ0v) is 15.0. The Balaban J connectivity index is 1.39. The van der Waals surface area contributed by atoms with Crippen molar-refractivity contribution in [2.45, 2.75) is 37.4 Å². The first-order valence-corrected chi connectivity index (χ1v) is 9.64. The summed E-state index contributed by atoms with van der Waals surface area (Å²) in [5.74, 6) is 0.431. The first-order valence-electron chi connectivity index (χ1n) is 8.65. The van der Waals surface area contributed by atoms with E-state index in [1.807, 2.05) is 12.1 Å². The van der Waals surface area contributed by atoms with Gasteiger partial charge in [0.2, 0.25) is 5.91 Å². The molecule has 0 unspecified atom stereocenters. The molecule has 1 heterocycles. The molecule has 1 amide bonds. The van der Waals surface area contributed by atoms with Crippen molar-refractivity contribution >= 4 is 28.7 Å². The van der Waals surface area contributed by atoms with E-state index in [1.165, 1.54) is 28.5 Å². The standard InChI is InChI=1S/C20H21N3OS/c1-13-9-10-17-18(11-13)23-20(22-17)25-12-19(24)21-16-8-4-6-14-5-2-3-7-15(14)16/h2-3,5,7,9-11,16H,4,6,8,12H2,1H3,(H,21,24)(H,22,23)/t16-/m0/s1. The Morgan fingerprint density at radius 2 is 2.20 bits per heavy atom. The highest BCUT2D eigenvalue weighted by Gasteiger charge is 2.21. The third-order valence-corrected chi connectivity index (χ3v) is 5.53. The molecule has 4 rings (SSSR count). The van der Waals surface area contributed by atoms with Gasteiger partial charge in [0, 0.05) is 0 Å². The van der Waals surface area contributed by atoms with Crippen molar-refractivity contribution in [1.82, 2.24) is 15.3 Å². The molecule has 2 N–H and O–H groups in total. The van der Waals surface area contributed by atoms with Gasteiger partial charge in [-0.2, -0.15) is 0 Å². The third-order valence-electron chi connectivity index (χ3n) is 4.66. The number of aromatic amines is 1. The topological polar surface area (TPSA) is 57.8 Å². The Labute approximate surface area is 151 Å². The average molecular weight is 351 g/mol. The number of H-pyrrole nitrogens is 1. The number of aryl methyl sites for hydroxylation is 2. The number of carbonyl (C=O) groups excluding carboxylic acids is 1. The summed E-state index contributed by atoms with van der Waals surface area (Å²) in [5.41, 5.74) is 5.78. The number of carbonyl (C=O) groups is 1. The number of nitrogens with one attached hydrogen (secondary N) is 2. The fourth-order valence-electron chi connectivity index (χ4n) is 3.44. The molecule has 0 spiro atoms. The average Bonchev–Trinajstić information content (AvgIpc) is 3.02. The van der Waals surface area contributed by atoms with Crippen molar-refractivity contribution < 1.29 is 4.79 Å². The van der Waals surface area contributed by atoms with E-state index in [0.29, 0.717) is 5.75 Å². The summed E-state index contributed by atoms with van der Waals surface area (Å²) in [6.45, 7) is 2.06. The molecule has 0 saturated carbocycles. The van der Waals surface area contributed by atoms with Crippen LogP contribution in [0.15, 0.2) is 47.6 Å². The van der Waals surface area contributed by atoms with Gasteiger partial charge in [-0.3, -0.25) is 4.79 Å². The van der Waals surface area contributed by atoms with Gasteiger partial charge in [-0.25, -0.2) is 4.98 Å². The van der Waals surface area contributed by atoms with E-state index < -0.39 is 0 Å². The van der Waals surface area contributed by atoms with Crippen LogP contribution in [-0.2, 0) is 11.2 Å². The van der Waals surface area contributed by atoms with Crippen LogP contribution in [0.25, 0.3) is 11.0 Å². The van der Waals surface area contributed by atoms with Crippen molar-refractivity contribution in [1.29, 1.82) is 0 Å². The lowest BCUT2D eigenvalue weighted by Crippen LogP contribution is -2.32. The minimum Gasteiger partial charge on any atom is -0.349 e. The lowest BCUT2D eigenvalue weighted by molar-refractivity contribution is -0.119. The number of benzene rings is 2. The van der Waals surface area contributed by atoms with Gasteiger partial charge in [0.05, 0.1) is 22.8 Å². The highest BCUT2D eigenvalue weighted by molar-refractivity contribution is 7.99. The molecule has 3 aromatic rings. The minimum atomic E-state index is 0.0586. The number of thioether (sulfide) groups is 1. The molecule has 2 aromatic carbocycles. The Bertz CT molecular complexity index is 918. The van der Waals surface area contributed by atoms with Gasteiger partial charge in [0.15, 0.2) is 5.16 Å². The number of hydrogen-bond acceptors (Lipinski definition) is 3. The second-order valence-electron chi connectivity index (χ2n) is 6.56. The van der Waals surface area contributed by atoms with E-state index in [9.17, 15) is 4.79 Å². The number of fused-ring (bicyclic) bond motifs is 2. The highest BCUT2D eigenvalue weighted by Crippen LogP contribution is 2.29. The van der Waals surface area contributed by atoms with Gasteiger partial charge < -0.3 is 10.3 Å². The van der Waals surface area contributed by atoms with Crippen LogP contribution in [0.5, 0.6) is 0 Å². The maximum atomic E-state index is 12.4. The molecule has 1 atom stereocenters. The minimum absolute atomic E-state index is 0.0586. The Morgan fingerprint density at radius 1 is 1.32 bits per heavy atom. The molecule has 1 aromatic heterocycles. The molecule has 0 fully saturated rings. The number of hydrogen-bond donors (Lipinski definition) is 2. The molecule has 25 heavy (non-hydrogen) atoms. The van der Waals surface area contributed by atoms with Crippen molar-refractivity contribution in [2.24, 2.45) is 0 Å². The molecule has 128 valence electrons. The summed E-state index contributed by atoms with van der Waals surface area (Å²) >= 11 is 1.45. The second-order valence-corrected chi connectivity index (χ2v) is 7.53. The summed E-state index contributed by atoms with van der Waals surface area (Å²) in [6.07, 6.45) is 3.24. The van der Waals surface area contributed by atoms with Crippen LogP contribution in [0.2, 0.25) is 0 Å². The summed E-state index contributed by atoms with van der Waals surface area (Å²) in [6, 6.07) is 14.7. The van der Waals surface area contributed by atoms with E-state index in [4.69, 9.17) is 0 Å². The predicted molar refractivity (Wildman–Crippen MR) is 102 cm³/mol. The van der Waals surface area contributed by atoms with Gasteiger partial charge >= 0.3 is 0 Å². The van der Waals surface area contributed by atoms with Crippen LogP contribution >= 0.6 is 11.8 Å². The first-order chi connectivity index (χ1) is 12.2. The van der Waals surface area contributed by atoms with Crippen LogP contribution in [0.3, 0.4) is 0 Å². The smallest absolute Gasteiger partial charge is 0.230 e. The molecule has 0 saturated heterocycles. The summed E-state index contributed by atoms with van der Waals surface area (Å²) in [4.78, 5) is 20.2. The van der Waals surface area contributed by atoms with Crippen LogP contribution in [0.4, 0.5) is 0 Å². The fourth-order valence-corrected chi connectivity index (χ4v) is 4.14. The van der Waals surface area contributed by atoms with Crippen LogP contribution < -0.4 is 5.32 Å². The van der Waals surface area contributed by atoms with E-state index >= 15 is 0 Å². The molecule has 5 heteroatoms. The number of amides is 1. The van der Waals surface area contributed by atoms with Crippen LogP contribution in [0.1, 0.15) is 35.6 Å². The zero-order chi connectivity index (χ0) is 17.2. The Kier molecular flexibility index (Phi) is 4.49. The lowest BCUT2D eigenvalue weighted by atomic mass is 9.88. The monoisotopic (exact) mass is 351 g/mol. The van der Waals surface area contributed by atoms with E-state index in [0.717, 1.165) is 35.5 Å². The van der Waals surface area contributed by atoms with Crippen LogP contribution in [-0.4, -0.2) is 21.6 Å². The number of nitrogens with zero attached hydrogens (tertiary/aromatic N) is 1. The predicted octanol–water partition coefficient (Wildman–Crippen LogP) is 4.16. The SMILES string of the molecule is Cc1ccc2nc(SCC(=O)N[C@H]3CCCc4ccccc43)[nH]c2c1. The van der Waals surface area contributed by atoms with Gasteiger partial charge in [-0.1, -0.05) is 42.1 Å². The van der Waals surface area contributed by atoms with Gasteiger partial charge in [0.1, 0.15) is 0 Å². The van der Waals surface area contributed by atoms with Crippen molar-refractivity contribution in [3.05, 3.63) is 59.2 Å². The van der Waals surface area contributed by atoms with Crippen molar-refractivity contribution in [2.75, 3.05) is 5.75 Å². The van der Waals surface area contributed by atoms with Crippen molar-refractivity contribution in [3.63, 3.8) is 0 Å². The van der Waals surface area contributed by atoms with E-state index in [1.54, 1.807) is 0 Å². The third kappa shape index (κ3) is 3.56. The fraction of sp³-hybridized carbons (Fsp3) is 0.300. The molecule has 4 nitrogen and oxygen atoms in total. The molecule has 0 radical (unpaired) electrons. The maximum Gasteiger partial charge on any atom is 0.230 e. The molecule has 1 aliphatic rings. The Morgan fingerprint density at radius 3 is 3.12 bits per heavy atom. The normalized spacial score (nSPS) is 16.6. The number of rotatable bonds is 4. The first kappa shape index (κ1) is 16.2. The lowest BCUT2D eigenvalue weighted by Gasteiger charge is -2.26. The number of imidazole rings is 1. The zero-order valence-electron chi connectivity index (χ0n) is 14.2.